The quantitative estimate of drug-likeness (QED) is 0.560. The molecule has 2 heteroatoms. The van der Waals surface area contributed by atoms with E-state index in [1.165, 1.54) is 0 Å². The van der Waals surface area contributed by atoms with Crippen molar-refractivity contribution in [3.63, 3.8) is 0 Å². The van der Waals surface area contributed by atoms with Gasteiger partial charge in [-0.25, -0.2) is 0 Å². The highest BCUT2D eigenvalue weighted by Gasteiger charge is 2.19. The van der Waals surface area contributed by atoms with Gasteiger partial charge in [-0.15, -0.1) is 0 Å². The van der Waals surface area contributed by atoms with Crippen LogP contribution in [0.2, 0.25) is 0 Å². The third kappa shape index (κ3) is 2.19. The summed E-state index contributed by atoms with van der Waals surface area (Å²) in [4.78, 5) is 13.0. The maximum Gasteiger partial charge on any atom is 0.196 e. The molecule has 3 aromatic rings. The standard InChI is InChI=1S/C19H17NO/c1-12-6-5-9-16(20)18(12)19(21)17-13(2)10-11-14-7-3-4-8-15(14)17/h3-11H,20H2,1-2H3. The molecule has 0 spiro atoms. The van der Waals surface area contributed by atoms with Crippen LogP contribution in [-0.2, 0) is 0 Å². The molecule has 21 heavy (non-hydrogen) atoms. The fourth-order valence-electron chi connectivity index (χ4n) is 2.81. The van der Waals surface area contributed by atoms with Gasteiger partial charge < -0.3 is 5.73 Å². The maximum absolute atomic E-state index is 13.0. The summed E-state index contributed by atoms with van der Waals surface area (Å²) in [5.74, 6) is -0.0000926. The Morgan fingerprint density at radius 1 is 0.810 bits per heavy atom. The Labute approximate surface area is 124 Å². The molecule has 3 aromatic carbocycles. The lowest BCUT2D eigenvalue weighted by atomic mass is 9.91. The van der Waals surface area contributed by atoms with Gasteiger partial charge in [-0.05, 0) is 41.8 Å². The summed E-state index contributed by atoms with van der Waals surface area (Å²) in [6.07, 6.45) is 0. The molecular weight excluding hydrogens is 258 g/mol. The number of benzene rings is 3. The van der Waals surface area contributed by atoms with Crippen LogP contribution >= 0.6 is 0 Å². The van der Waals surface area contributed by atoms with Gasteiger partial charge in [0.2, 0.25) is 0 Å². The smallest absolute Gasteiger partial charge is 0.196 e. The summed E-state index contributed by atoms with van der Waals surface area (Å²) in [5, 5.41) is 2.05. The lowest BCUT2D eigenvalue weighted by molar-refractivity contribution is 0.104. The van der Waals surface area contributed by atoms with Gasteiger partial charge in [0.05, 0.1) is 0 Å². The zero-order valence-electron chi connectivity index (χ0n) is 12.2. The first-order chi connectivity index (χ1) is 10.1. The number of carbonyl (C=O) groups is 1. The molecule has 0 bridgehead atoms. The lowest BCUT2D eigenvalue weighted by Gasteiger charge is -2.13. The van der Waals surface area contributed by atoms with Gasteiger partial charge in [-0.3, -0.25) is 4.79 Å². The molecule has 0 saturated heterocycles. The number of hydrogen-bond donors (Lipinski definition) is 1. The monoisotopic (exact) mass is 275 g/mol. The minimum absolute atomic E-state index is 0.0000926. The normalized spacial score (nSPS) is 10.8. The summed E-state index contributed by atoms with van der Waals surface area (Å²) < 4.78 is 0. The summed E-state index contributed by atoms with van der Waals surface area (Å²) in [7, 11) is 0. The van der Waals surface area contributed by atoms with Crippen molar-refractivity contribution < 1.29 is 4.79 Å². The van der Waals surface area contributed by atoms with Gasteiger partial charge in [0.1, 0.15) is 0 Å². The van der Waals surface area contributed by atoms with Gasteiger partial charge in [0.15, 0.2) is 5.78 Å². The first-order valence-corrected chi connectivity index (χ1v) is 6.97. The highest BCUT2D eigenvalue weighted by atomic mass is 16.1. The highest BCUT2D eigenvalue weighted by Crippen LogP contribution is 2.28. The number of hydrogen-bond acceptors (Lipinski definition) is 2. The Hall–Kier alpha value is -2.61. The van der Waals surface area contributed by atoms with E-state index in [0.717, 1.165) is 27.5 Å². The molecule has 0 atom stereocenters. The Kier molecular flexibility index (Phi) is 3.22. The SMILES string of the molecule is Cc1cccc(N)c1C(=O)c1c(C)ccc2ccccc12. The lowest BCUT2D eigenvalue weighted by Crippen LogP contribution is -2.09. The fourth-order valence-corrected chi connectivity index (χ4v) is 2.81. The van der Waals surface area contributed by atoms with Crippen molar-refractivity contribution in [2.24, 2.45) is 0 Å². The third-order valence-corrected chi connectivity index (χ3v) is 3.90. The van der Waals surface area contributed by atoms with Gasteiger partial charge in [0, 0.05) is 16.8 Å². The van der Waals surface area contributed by atoms with Crippen LogP contribution in [0.3, 0.4) is 0 Å². The van der Waals surface area contributed by atoms with Crippen LogP contribution < -0.4 is 5.73 Å². The number of fused-ring (bicyclic) bond motifs is 1. The van der Waals surface area contributed by atoms with E-state index < -0.39 is 0 Å². The van der Waals surface area contributed by atoms with Crippen molar-refractivity contribution in [1.29, 1.82) is 0 Å². The zero-order chi connectivity index (χ0) is 15.0. The number of aryl methyl sites for hydroxylation is 2. The molecule has 2 N–H and O–H groups in total. The number of nitrogen functional groups attached to an aromatic ring is 1. The molecule has 0 aliphatic carbocycles. The average Bonchev–Trinajstić information content (AvgIpc) is 2.46. The molecule has 0 amide bonds. The van der Waals surface area contributed by atoms with Crippen LogP contribution in [0.15, 0.2) is 54.6 Å². The van der Waals surface area contributed by atoms with Crippen molar-refractivity contribution >= 4 is 22.2 Å². The van der Waals surface area contributed by atoms with Gasteiger partial charge in [-0.1, -0.05) is 48.5 Å². The van der Waals surface area contributed by atoms with Crippen molar-refractivity contribution in [3.05, 3.63) is 76.9 Å². The van der Waals surface area contributed by atoms with Crippen LogP contribution in [0.25, 0.3) is 10.8 Å². The number of nitrogens with two attached hydrogens (primary N) is 1. The summed E-state index contributed by atoms with van der Waals surface area (Å²) in [6.45, 7) is 3.89. The Morgan fingerprint density at radius 3 is 2.29 bits per heavy atom. The molecule has 0 radical (unpaired) electrons. The molecule has 0 aliphatic heterocycles. The van der Waals surface area contributed by atoms with Gasteiger partial charge >= 0.3 is 0 Å². The molecule has 0 aromatic heterocycles. The largest absolute Gasteiger partial charge is 0.398 e. The fraction of sp³-hybridized carbons (Fsp3) is 0.105. The van der Waals surface area contributed by atoms with E-state index >= 15 is 0 Å². The molecule has 0 fully saturated rings. The minimum Gasteiger partial charge on any atom is -0.398 e. The Balaban J connectivity index is 2.30. The first-order valence-electron chi connectivity index (χ1n) is 6.97. The summed E-state index contributed by atoms with van der Waals surface area (Å²) >= 11 is 0. The van der Waals surface area contributed by atoms with Gasteiger partial charge in [0.25, 0.3) is 0 Å². The zero-order valence-corrected chi connectivity index (χ0v) is 12.2. The molecule has 2 nitrogen and oxygen atoms in total. The third-order valence-electron chi connectivity index (χ3n) is 3.90. The van der Waals surface area contributed by atoms with E-state index in [1.807, 2.05) is 62.4 Å². The van der Waals surface area contributed by atoms with Crippen molar-refractivity contribution in [1.82, 2.24) is 0 Å². The summed E-state index contributed by atoms with van der Waals surface area (Å²) in [6, 6.07) is 17.6. The predicted octanol–water partition coefficient (Wildman–Crippen LogP) is 4.27. The van der Waals surface area contributed by atoms with Crippen LogP contribution in [0.5, 0.6) is 0 Å². The van der Waals surface area contributed by atoms with Crippen LogP contribution in [0.4, 0.5) is 5.69 Å². The second kappa shape index (κ2) is 5.06. The van der Waals surface area contributed by atoms with Crippen molar-refractivity contribution in [2.75, 3.05) is 5.73 Å². The van der Waals surface area contributed by atoms with Crippen molar-refractivity contribution in [2.45, 2.75) is 13.8 Å². The van der Waals surface area contributed by atoms with E-state index in [1.54, 1.807) is 6.07 Å². The molecule has 0 heterocycles. The van der Waals surface area contributed by atoms with Gasteiger partial charge in [-0.2, -0.15) is 0 Å². The van der Waals surface area contributed by atoms with E-state index in [2.05, 4.69) is 0 Å². The van der Waals surface area contributed by atoms with E-state index in [0.29, 0.717) is 11.3 Å². The van der Waals surface area contributed by atoms with E-state index in [4.69, 9.17) is 5.73 Å². The van der Waals surface area contributed by atoms with Crippen LogP contribution in [0, 0.1) is 13.8 Å². The second-order valence-corrected chi connectivity index (χ2v) is 5.35. The molecule has 0 saturated carbocycles. The second-order valence-electron chi connectivity index (χ2n) is 5.35. The molecule has 104 valence electrons. The molecule has 0 aliphatic rings. The molecule has 3 rings (SSSR count). The molecule has 0 unspecified atom stereocenters. The average molecular weight is 275 g/mol. The number of carbonyl (C=O) groups excluding carboxylic acids is 1. The van der Waals surface area contributed by atoms with E-state index in [9.17, 15) is 4.79 Å². The Bertz CT molecular complexity index is 829. The first kappa shape index (κ1) is 13.4. The highest BCUT2D eigenvalue weighted by molar-refractivity contribution is 6.20. The van der Waals surface area contributed by atoms with Crippen LogP contribution in [0.1, 0.15) is 27.0 Å². The number of ketones is 1. The predicted molar refractivity (Wildman–Crippen MR) is 87.7 cm³/mol. The Morgan fingerprint density at radius 2 is 1.52 bits per heavy atom. The van der Waals surface area contributed by atoms with Crippen LogP contribution in [-0.4, -0.2) is 5.78 Å². The van der Waals surface area contributed by atoms with Crippen molar-refractivity contribution in [3.8, 4) is 0 Å². The number of rotatable bonds is 2. The molecular formula is C19H17NO. The van der Waals surface area contributed by atoms with E-state index in [-0.39, 0.29) is 5.78 Å². The number of anilines is 1. The maximum atomic E-state index is 13.0. The minimum atomic E-state index is -0.0000926. The topological polar surface area (TPSA) is 43.1 Å². The summed E-state index contributed by atoms with van der Waals surface area (Å²) in [5.41, 5.74) is 9.80.